The van der Waals surface area contributed by atoms with Crippen LogP contribution in [0.4, 0.5) is 0 Å². The van der Waals surface area contributed by atoms with Crippen molar-refractivity contribution in [2.75, 3.05) is 6.54 Å². The molecule has 0 radical (unpaired) electrons. The monoisotopic (exact) mass is 322 g/mol. The second-order valence-corrected chi connectivity index (χ2v) is 5.66. The summed E-state index contributed by atoms with van der Waals surface area (Å²) >= 11 is 18.0. The zero-order chi connectivity index (χ0) is 14.4. The predicted octanol–water partition coefficient (Wildman–Crippen LogP) is 3.65. The highest BCUT2D eigenvalue weighted by Crippen LogP contribution is 2.31. The second-order valence-electron chi connectivity index (χ2n) is 4.47. The molecule has 1 aromatic carbocycles. The average Bonchev–Trinajstić information content (AvgIpc) is 2.32. The first-order valence-electron chi connectivity index (χ1n) is 6.04. The van der Waals surface area contributed by atoms with Gasteiger partial charge in [0.05, 0.1) is 10.0 Å². The van der Waals surface area contributed by atoms with Gasteiger partial charge in [-0.3, -0.25) is 4.79 Å². The lowest BCUT2D eigenvalue weighted by Crippen LogP contribution is -2.32. The lowest BCUT2D eigenvalue weighted by atomic mass is 10.2. The molecule has 0 aromatic heterocycles. The van der Waals surface area contributed by atoms with Gasteiger partial charge in [0.1, 0.15) is 0 Å². The molecule has 0 aliphatic carbocycles. The molecule has 0 saturated carbocycles. The van der Waals surface area contributed by atoms with Gasteiger partial charge in [0.2, 0.25) is 5.91 Å². The highest BCUT2D eigenvalue weighted by atomic mass is 35.5. The summed E-state index contributed by atoms with van der Waals surface area (Å²) in [6.07, 6.45) is 0.411. The van der Waals surface area contributed by atoms with E-state index in [9.17, 15) is 4.79 Å². The summed E-state index contributed by atoms with van der Waals surface area (Å²) in [5.74, 6) is 0.0192. The SMILES string of the molecule is CC(C)NC(=O)CCNCc1c(Cl)ccc(Cl)c1Cl. The van der Waals surface area contributed by atoms with Gasteiger partial charge in [-0.2, -0.15) is 0 Å². The molecule has 0 spiro atoms. The molecule has 1 rings (SSSR count). The summed E-state index contributed by atoms with van der Waals surface area (Å²) in [7, 11) is 0. The van der Waals surface area contributed by atoms with E-state index in [0.717, 1.165) is 5.56 Å². The molecular formula is C13H17Cl3N2O. The summed E-state index contributed by atoms with van der Waals surface area (Å²) in [6.45, 7) is 4.89. The molecule has 0 heterocycles. The molecule has 2 N–H and O–H groups in total. The third kappa shape index (κ3) is 5.57. The van der Waals surface area contributed by atoms with Crippen molar-refractivity contribution in [3.63, 3.8) is 0 Å². The van der Waals surface area contributed by atoms with Crippen molar-refractivity contribution < 1.29 is 4.79 Å². The van der Waals surface area contributed by atoms with Crippen molar-refractivity contribution in [1.82, 2.24) is 10.6 Å². The van der Waals surface area contributed by atoms with Crippen LogP contribution in [0.3, 0.4) is 0 Å². The first kappa shape index (κ1) is 16.6. The topological polar surface area (TPSA) is 41.1 Å². The molecule has 0 bridgehead atoms. The summed E-state index contributed by atoms with van der Waals surface area (Å²) in [5, 5.41) is 7.44. The summed E-state index contributed by atoms with van der Waals surface area (Å²) in [5.41, 5.74) is 0.750. The van der Waals surface area contributed by atoms with Gasteiger partial charge < -0.3 is 10.6 Å². The molecular weight excluding hydrogens is 307 g/mol. The van der Waals surface area contributed by atoms with E-state index in [1.807, 2.05) is 13.8 Å². The minimum atomic E-state index is 0.0192. The third-order valence-corrected chi connectivity index (χ3v) is 3.62. The van der Waals surface area contributed by atoms with Crippen molar-refractivity contribution in [3.05, 3.63) is 32.8 Å². The predicted molar refractivity (Wildman–Crippen MR) is 81.1 cm³/mol. The van der Waals surface area contributed by atoms with Gasteiger partial charge in [0, 0.05) is 36.1 Å². The number of nitrogens with one attached hydrogen (secondary N) is 2. The largest absolute Gasteiger partial charge is 0.354 e. The Morgan fingerprint density at radius 1 is 1.21 bits per heavy atom. The molecule has 0 atom stereocenters. The Hall–Kier alpha value is -0.480. The number of rotatable bonds is 6. The fraction of sp³-hybridized carbons (Fsp3) is 0.462. The number of amides is 1. The molecule has 19 heavy (non-hydrogen) atoms. The minimum absolute atomic E-state index is 0.0192. The first-order valence-corrected chi connectivity index (χ1v) is 7.17. The maximum Gasteiger partial charge on any atom is 0.221 e. The number of carbonyl (C=O) groups excluding carboxylic acids is 1. The molecule has 0 saturated heterocycles. The third-order valence-electron chi connectivity index (χ3n) is 2.42. The van der Waals surface area contributed by atoms with Crippen molar-refractivity contribution in [2.24, 2.45) is 0 Å². The van der Waals surface area contributed by atoms with Crippen LogP contribution in [0.25, 0.3) is 0 Å². The number of hydrogen-bond donors (Lipinski definition) is 2. The van der Waals surface area contributed by atoms with Gasteiger partial charge in [-0.15, -0.1) is 0 Å². The normalized spacial score (nSPS) is 10.8. The van der Waals surface area contributed by atoms with Crippen LogP contribution in [0.15, 0.2) is 12.1 Å². The highest BCUT2D eigenvalue weighted by Gasteiger charge is 2.09. The van der Waals surface area contributed by atoms with Crippen LogP contribution in [-0.2, 0) is 11.3 Å². The maximum atomic E-state index is 11.4. The molecule has 1 amide bonds. The van der Waals surface area contributed by atoms with Crippen LogP contribution in [0, 0.1) is 0 Å². The van der Waals surface area contributed by atoms with Gasteiger partial charge in [-0.1, -0.05) is 34.8 Å². The maximum absolute atomic E-state index is 11.4. The zero-order valence-electron chi connectivity index (χ0n) is 10.9. The van der Waals surface area contributed by atoms with Gasteiger partial charge in [0.15, 0.2) is 0 Å². The molecule has 0 aliphatic rings. The van der Waals surface area contributed by atoms with E-state index in [1.165, 1.54) is 0 Å². The second kappa shape index (κ2) is 7.95. The van der Waals surface area contributed by atoms with Gasteiger partial charge in [-0.05, 0) is 26.0 Å². The number of carbonyl (C=O) groups is 1. The molecule has 3 nitrogen and oxygen atoms in total. The Morgan fingerprint density at radius 2 is 1.84 bits per heavy atom. The first-order chi connectivity index (χ1) is 8.91. The summed E-state index contributed by atoms with van der Waals surface area (Å²) < 4.78 is 0. The van der Waals surface area contributed by atoms with Crippen molar-refractivity contribution in [1.29, 1.82) is 0 Å². The van der Waals surface area contributed by atoms with Crippen molar-refractivity contribution in [2.45, 2.75) is 32.9 Å². The number of hydrogen-bond acceptors (Lipinski definition) is 2. The van der Waals surface area contributed by atoms with Gasteiger partial charge in [0.25, 0.3) is 0 Å². The van der Waals surface area contributed by atoms with E-state index in [1.54, 1.807) is 12.1 Å². The van der Waals surface area contributed by atoms with E-state index in [-0.39, 0.29) is 11.9 Å². The fourth-order valence-electron chi connectivity index (χ4n) is 1.54. The van der Waals surface area contributed by atoms with Crippen LogP contribution in [0.1, 0.15) is 25.8 Å². The van der Waals surface area contributed by atoms with Crippen molar-refractivity contribution in [3.8, 4) is 0 Å². The Morgan fingerprint density at radius 3 is 2.47 bits per heavy atom. The van der Waals surface area contributed by atoms with Crippen LogP contribution in [0.5, 0.6) is 0 Å². The van der Waals surface area contributed by atoms with E-state index in [2.05, 4.69) is 10.6 Å². The van der Waals surface area contributed by atoms with E-state index in [0.29, 0.717) is 34.6 Å². The molecule has 1 aromatic rings. The van der Waals surface area contributed by atoms with E-state index < -0.39 is 0 Å². The Labute approximate surface area is 128 Å². The molecule has 0 unspecified atom stereocenters. The number of benzene rings is 1. The summed E-state index contributed by atoms with van der Waals surface area (Å²) in [4.78, 5) is 11.4. The molecule has 106 valence electrons. The standard InChI is InChI=1S/C13H17Cl3N2O/c1-8(2)18-12(19)5-6-17-7-9-10(14)3-4-11(15)13(9)16/h3-4,8,17H,5-7H2,1-2H3,(H,18,19). The van der Waals surface area contributed by atoms with E-state index >= 15 is 0 Å². The Kier molecular flexibility index (Phi) is 6.94. The van der Waals surface area contributed by atoms with E-state index in [4.69, 9.17) is 34.8 Å². The van der Waals surface area contributed by atoms with Crippen molar-refractivity contribution >= 4 is 40.7 Å². The minimum Gasteiger partial charge on any atom is -0.354 e. The molecule has 0 aliphatic heterocycles. The Balaban J connectivity index is 2.42. The number of halogens is 3. The highest BCUT2D eigenvalue weighted by molar-refractivity contribution is 6.44. The molecule has 6 heteroatoms. The quantitative estimate of drug-likeness (QED) is 0.620. The summed E-state index contributed by atoms with van der Waals surface area (Å²) in [6, 6.07) is 3.52. The van der Waals surface area contributed by atoms with Gasteiger partial charge in [-0.25, -0.2) is 0 Å². The average molecular weight is 324 g/mol. The molecule has 0 fully saturated rings. The fourth-order valence-corrected chi connectivity index (χ4v) is 2.22. The van der Waals surface area contributed by atoms with Crippen LogP contribution < -0.4 is 10.6 Å². The van der Waals surface area contributed by atoms with Crippen LogP contribution in [0.2, 0.25) is 15.1 Å². The Bertz CT molecular complexity index is 450. The van der Waals surface area contributed by atoms with Gasteiger partial charge >= 0.3 is 0 Å². The van der Waals surface area contributed by atoms with Crippen LogP contribution >= 0.6 is 34.8 Å². The lowest BCUT2D eigenvalue weighted by molar-refractivity contribution is -0.121. The zero-order valence-corrected chi connectivity index (χ0v) is 13.2. The van der Waals surface area contributed by atoms with Crippen LogP contribution in [-0.4, -0.2) is 18.5 Å². The lowest BCUT2D eigenvalue weighted by Gasteiger charge is -2.11. The smallest absolute Gasteiger partial charge is 0.221 e.